The van der Waals surface area contributed by atoms with E-state index in [0.717, 1.165) is 43.1 Å². The van der Waals surface area contributed by atoms with Crippen LogP contribution in [0, 0.1) is 0 Å². The third-order valence-corrected chi connectivity index (χ3v) is 4.06. The second-order valence-electron chi connectivity index (χ2n) is 5.25. The van der Waals surface area contributed by atoms with E-state index in [1.54, 1.807) is 0 Å². The van der Waals surface area contributed by atoms with Gasteiger partial charge in [-0.05, 0) is 38.1 Å². The number of ether oxygens (including phenoxy) is 2. The third-order valence-electron chi connectivity index (χ3n) is 4.06. The Labute approximate surface area is 117 Å². The van der Waals surface area contributed by atoms with E-state index >= 15 is 0 Å². The minimum absolute atomic E-state index is 0.309. The molecule has 1 fully saturated rings. The van der Waals surface area contributed by atoms with Crippen molar-refractivity contribution in [2.75, 3.05) is 19.9 Å². The normalized spacial score (nSPS) is 18.4. The van der Waals surface area contributed by atoms with Gasteiger partial charge in [-0.1, -0.05) is 0 Å². The van der Waals surface area contributed by atoms with Crippen molar-refractivity contribution >= 4 is 0 Å². The van der Waals surface area contributed by atoms with Gasteiger partial charge in [-0.2, -0.15) is 0 Å². The molecule has 3 heterocycles. The number of aromatic nitrogens is 2. The molecule has 0 radical (unpaired) electrons. The van der Waals surface area contributed by atoms with Crippen molar-refractivity contribution in [3.8, 4) is 17.2 Å². The Hall–Kier alpha value is -2.01. The number of rotatable bonds is 2. The third kappa shape index (κ3) is 1.94. The summed E-state index contributed by atoms with van der Waals surface area (Å²) >= 11 is 0. The van der Waals surface area contributed by atoms with Crippen LogP contribution < -0.4 is 14.8 Å². The first-order valence-electron chi connectivity index (χ1n) is 7.05. The molecule has 0 aliphatic carbocycles. The molecule has 0 amide bonds. The van der Waals surface area contributed by atoms with Crippen LogP contribution in [0.3, 0.4) is 0 Å². The van der Waals surface area contributed by atoms with Crippen LogP contribution in [-0.4, -0.2) is 29.4 Å². The first-order chi connectivity index (χ1) is 9.92. The number of hydrogen-bond acceptors (Lipinski definition) is 4. The van der Waals surface area contributed by atoms with Crippen molar-refractivity contribution < 1.29 is 9.47 Å². The number of nitrogens with zero attached hydrogens (tertiary/aromatic N) is 2. The highest BCUT2D eigenvalue weighted by Gasteiger charge is 2.20. The predicted octanol–water partition coefficient (Wildman–Crippen LogP) is 2.07. The smallest absolute Gasteiger partial charge is 0.231 e. The van der Waals surface area contributed by atoms with Gasteiger partial charge in [0.15, 0.2) is 11.5 Å². The molecule has 0 spiro atoms. The van der Waals surface area contributed by atoms with Crippen molar-refractivity contribution in [1.82, 2.24) is 14.9 Å². The Morgan fingerprint density at radius 3 is 2.90 bits per heavy atom. The fourth-order valence-electron chi connectivity index (χ4n) is 2.98. The maximum Gasteiger partial charge on any atom is 0.231 e. The molecular formula is C15H17N3O2. The summed E-state index contributed by atoms with van der Waals surface area (Å²) in [5, 5.41) is 3.40. The Kier molecular flexibility index (Phi) is 2.85. The maximum atomic E-state index is 5.46. The van der Waals surface area contributed by atoms with E-state index < -0.39 is 0 Å². The van der Waals surface area contributed by atoms with Crippen LogP contribution in [0.15, 0.2) is 30.7 Å². The summed E-state index contributed by atoms with van der Waals surface area (Å²) in [5.74, 6) is 2.20. The summed E-state index contributed by atoms with van der Waals surface area (Å²) in [6, 6.07) is 6.04. The highest BCUT2D eigenvalue weighted by molar-refractivity contribution is 5.50. The molecule has 5 nitrogen and oxygen atoms in total. The van der Waals surface area contributed by atoms with Crippen LogP contribution in [0.1, 0.15) is 24.5 Å². The lowest BCUT2D eigenvalue weighted by atomic mass is 9.95. The molecule has 0 saturated carbocycles. The fourth-order valence-corrected chi connectivity index (χ4v) is 2.98. The summed E-state index contributed by atoms with van der Waals surface area (Å²) in [7, 11) is 0. The van der Waals surface area contributed by atoms with Gasteiger partial charge in [-0.25, -0.2) is 4.98 Å². The molecule has 104 valence electrons. The van der Waals surface area contributed by atoms with Crippen LogP contribution in [0.25, 0.3) is 5.69 Å². The minimum Gasteiger partial charge on any atom is -0.454 e. The highest BCUT2D eigenvalue weighted by atomic mass is 16.7. The molecule has 0 bridgehead atoms. The minimum atomic E-state index is 0.309. The monoisotopic (exact) mass is 271 g/mol. The summed E-state index contributed by atoms with van der Waals surface area (Å²) in [6.07, 6.45) is 6.20. The molecule has 2 aliphatic rings. The number of fused-ring (bicyclic) bond motifs is 1. The summed E-state index contributed by atoms with van der Waals surface area (Å²) in [6.45, 7) is 2.47. The lowest BCUT2D eigenvalue weighted by molar-refractivity contribution is 0.174. The fraction of sp³-hybridized carbons (Fsp3) is 0.400. The summed E-state index contributed by atoms with van der Waals surface area (Å²) in [5.41, 5.74) is 2.37. The summed E-state index contributed by atoms with van der Waals surface area (Å²) < 4.78 is 13.0. The number of piperidine rings is 1. The largest absolute Gasteiger partial charge is 0.454 e. The topological polar surface area (TPSA) is 48.3 Å². The lowest BCUT2D eigenvalue weighted by Crippen LogP contribution is -2.27. The number of hydrogen-bond donors (Lipinski definition) is 1. The van der Waals surface area contributed by atoms with Crippen molar-refractivity contribution in [3.05, 3.63) is 36.4 Å². The van der Waals surface area contributed by atoms with Crippen molar-refractivity contribution in [2.24, 2.45) is 0 Å². The zero-order valence-electron chi connectivity index (χ0n) is 11.2. The molecule has 1 saturated heterocycles. The molecule has 1 aromatic carbocycles. The van der Waals surface area contributed by atoms with Gasteiger partial charge < -0.3 is 19.4 Å². The van der Waals surface area contributed by atoms with E-state index in [1.807, 2.05) is 24.7 Å². The van der Waals surface area contributed by atoms with Gasteiger partial charge in [0, 0.05) is 23.9 Å². The highest BCUT2D eigenvalue weighted by Crippen LogP contribution is 2.35. The summed E-state index contributed by atoms with van der Waals surface area (Å²) in [4.78, 5) is 4.34. The average molecular weight is 271 g/mol. The average Bonchev–Trinajstić information content (AvgIpc) is 3.16. The standard InChI is InChI=1S/C15H17N3O2/c1-2-14-15(20-10-19-14)7-12(1)18-9-17-8-13(18)11-3-5-16-6-4-11/h1-2,7-9,11,16H,3-6,10H2. The van der Waals surface area contributed by atoms with Gasteiger partial charge in [0.2, 0.25) is 6.79 Å². The molecule has 2 aliphatic heterocycles. The quantitative estimate of drug-likeness (QED) is 0.908. The van der Waals surface area contributed by atoms with E-state index in [-0.39, 0.29) is 0 Å². The van der Waals surface area contributed by atoms with Crippen molar-refractivity contribution in [2.45, 2.75) is 18.8 Å². The zero-order chi connectivity index (χ0) is 13.4. The second-order valence-corrected chi connectivity index (χ2v) is 5.25. The van der Waals surface area contributed by atoms with Gasteiger partial charge in [0.1, 0.15) is 0 Å². The van der Waals surface area contributed by atoms with E-state index in [2.05, 4.69) is 20.9 Å². The molecule has 20 heavy (non-hydrogen) atoms. The van der Waals surface area contributed by atoms with Crippen LogP contribution in [0.4, 0.5) is 0 Å². The van der Waals surface area contributed by atoms with Crippen LogP contribution in [-0.2, 0) is 0 Å². The van der Waals surface area contributed by atoms with E-state index in [1.165, 1.54) is 5.69 Å². The number of nitrogens with one attached hydrogen (secondary N) is 1. The van der Waals surface area contributed by atoms with Crippen LogP contribution >= 0.6 is 0 Å². The van der Waals surface area contributed by atoms with Gasteiger partial charge in [-0.3, -0.25) is 0 Å². The SMILES string of the molecule is c1cc2c(cc1-n1cncc1C1CCNCC1)OCO2. The Bertz CT molecular complexity index is 617. The molecule has 0 unspecified atom stereocenters. The first kappa shape index (κ1) is 11.8. The predicted molar refractivity (Wildman–Crippen MR) is 74.5 cm³/mol. The molecule has 1 N–H and O–H groups in total. The van der Waals surface area contributed by atoms with Crippen molar-refractivity contribution in [3.63, 3.8) is 0 Å². The second kappa shape index (κ2) is 4.83. The number of imidazole rings is 1. The van der Waals surface area contributed by atoms with Crippen molar-refractivity contribution in [1.29, 1.82) is 0 Å². The van der Waals surface area contributed by atoms with Gasteiger partial charge in [0.25, 0.3) is 0 Å². The molecule has 0 atom stereocenters. The number of benzene rings is 1. The Morgan fingerprint density at radius 1 is 1.15 bits per heavy atom. The van der Waals surface area contributed by atoms with Gasteiger partial charge in [-0.15, -0.1) is 0 Å². The van der Waals surface area contributed by atoms with E-state index in [4.69, 9.17) is 9.47 Å². The van der Waals surface area contributed by atoms with E-state index in [0.29, 0.717) is 12.7 Å². The first-order valence-corrected chi connectivity index (χ1v) is 7.05. The molecular weight excluding hydrogens is 254 g/mol. The Balaban J connectivity index is 1.70. The molecule has 5 heteroatoms. The molecule has 4 rings (SSSR count). The Morgan fingerprint density at radius 2 is 2.00 bits per heavy atom. The molecule has 1 aromatic heterocycles. The van der Waals surface area contributed by atoms with Crippen LogP contribution in [0.5, 0.6) is 11.5 Å². The van der Waals surface area contributed by atoms with Gasteiger partial charge in [0.05, 0.1) is 12.0 Å². The maximum absolute atomic E-state index is 5.46. The lowest BCUT2D eigenvalue weighted by Gasteiger charge is -2.23. The zero-order valence-corrected chi connectivity index (χ0v) is 11.2. The van der Waals surface area contributed by atoms with E-state index in [9.17, 15) is 0 Å². The molecule has 2 aromatic rings. The van der Waals surface area contributed by atoms with Gasteiger partial charge >= 0.3 is 0 Å². The van der Waals surface area contributed by atoms with Crippen LogP contribution in [0.2, 0.25) is 0 Å².